The minimum Gasteiger partial charge on any atom is -0.369 e. The average molecular weight is 371 g/mol. The highest BCUT2D eigenvalue weighted by Gasteiger charge is 2.11. The van der Waals surface area contributed by atoms with Gasteiger partial charge in [-0.25, -0.2) is 9.97 Å². The summed E-state index contributed by atoms with van der Waals surface area (Å²) in [7, 11) is 0. The smallest absolute Gasteiger partial charge is 0.207 e. The van der Waals surface area contributed by atoms with Crippen LogP contribution in [0.4, 0.5) is 5.95 Å². The molecule has 0 saturated heterocycles. The summed E-state index contributed by atoms with van der Waals surface area (Å²) in [6.45, 7) is 0. The van der Waals surface area contributed by atoms with E-state index in [4.69, 9.17) is 17.3 Å². The molecule has 0 fully saturated rings. The van der Waals surface area contributed by atoms with Crippen LogP contribution in [0.25, 0.3) is 16.9 Å². The molecule has 6 heteroatoms. The molecule has 0 amide bonds. The van der Waals surface area contributed by atoms with Crippen LogP contribution in [-0.4, -0.2) is 14.5 Å². The van der Waals surface area contributed by atoms with Gasteiger partial charge in [-0.15, -0.1) is 0 Å². The summed E-state index contributed by atoms with van der Waals surface area (Å²) in [5.74, 6) is 0.404. The zero-order valence-electron chi connectivity index (χ0n) is 9.14. The van der Waals surface area contributed by atoms with Crippen LogP contribution < -0.4 is 5.73 Å². The summed E-state index contributed by atoms with van der Waals surface area (Å²) in [4.78, 5) is 8.56. The SMILES string of the molecule is Nc1nc2cc(Cl)cnc2n1-c1cccc(I)c1. The van der Waals surface area contributed by atoms with Gasteiger partial charge >= 0.3 is 0 Å². The molecule has 0 radical (unpaired) electrons. The van der Waals surface area contributed by atoms with Crippen molar-refractivity contribution >= 4 is 51.3 Å². The molecule has 3 aromatic rings. The fourth-order valence-electron chi connectivity index (χ4n) is 1.83. The molecule has 0 aliphatic rings. The number of imidazole rings is 1. The van der Waals surface area contributed by atoms with Gasteiger partial charge in [0.1, 0.15) is 5.52 Å². The number of nitrogen functional groups attached to an aromatic ring is 1. The van der Waals surface area contributed by atoms with Crippen LogP contribution in [-0.2, 0) is 0 Å². The zero-order valence-corrected chi connectivity index (χ0v) is 12.1. The summed E-state index contributed by atoms with van der Waals surface area (Å²) in [5.41, 5.74) is 8.29. The Kier molecular flexibility index (Phi) is 2.87. The lowest BCUT2D eigenvalue weighted by atomic mass is 10.3. The van der Waals surface area contributed by atoms with E-state index in [1.807, 2.05) is 28.8 Å². The molecule has 0 bridgehead atoms. The van der Waals surface area contributed by atoms with E-state index in [2.05, 4.69) is 32.6 Å². The number of nitrogens with two attached hydrogens (primary N) is 1. The first-order chi connectivity index (χ1) is 8.65. The van der Waals surface area contributed by atoms with Crippen molar-refractivity contribution in [2.75, 3.05) is 5.73 Å². The number of pyridine rings is 1. The predicted octanol–water partition coefficient (Wildman–Crippen LogP) is 3.26. The number of halogens is 2. The summed E-state index contributed by atoms with van der Waals surface area (Å²) in [6.07, 6.45) is 1.59. The van der Waals surface area contributed by atoms with Gasteiger partial charge in [0.15, 0.2) is 5.65 Å². The van der Waals surface area contributed by atoms with Crippen LogP contribution in [0.1, 0.15) is 0 Å². The lowest BCUT2D eigenvalue weighted by Crippen LogP contribution is -2.01. The Bertz CT molecular complexity index is 738. The van der Waals surface area contributed by atoms with Gasteiger partial charge in [-0.3, -0.25) is 4.57 Å². The van der Waals surface area contributed by atoms with E-state index in [0.29, 0.717) is 22.1 Å². The first kappa shape index (κ1) is 11.7. The minimum atomic E-state index is 0.404. The maximum atomic E-state index is 5.95. The van der Waals surface area contributed by atoms with Crippen molar-refractivity contribution in [3.8, 4) is 5.69 Å². The van der Waals surface area contributed by atoms with Crippen LogP contribution >= 0.6 is 34.2 Å². The van der Waals surface area contributed by atoms with E-state index in [1.165, 1.54) is 0 Å². The first-order valence-electron chi connectivity index (χ1n) is 5.20. The van der Waals surface area contributed by atoms with Gasteiger partial charge in [0.05, 0.1) is 10.7 Å². The van der Waals surface area contributed by atoms with Crippen molar-refractivity contribution in [2.45, 2.75) is 0 Å². The topological polar surface area (TPSA) is 56.7 Å². The maximum absolute atomic E-state index is 5.95. The highest BCUT2D eigenvalue weighted by Crippen LogP contribution is 2.24. The highest BCUT2D eigenvalue weighted by molar-refractivity contribution is 14.1. The number of fused-ring (bicyclic) bond motifs is 1. The van der Waals surface area contributed by atoms with Gasteiger partial charge in [0, 0.05) is 9.77 Å². The number of hydrogen-bond donors (Lipinski definition) is 1. The Labute approximate surface area is 122 Å². The number of aromatic nitrogens is 3. The Hall–Kier alpha value is -1.34. The number of anilines is 1. The third-order valence-electron chi connectivity index (χ3n) is 2.56. The molecule has 0 atom stereocenters. The van der Waals surface area contributed by atoms with Crippen molar-refractivity contribution < 1.29 is 0 Å². The van der Waals surface area contributed by atoms with Gasteiger partial charge < -0.3 is 5.73 Å². The molecular weight excluding hydrogens is 363 g/mol. The van der Waals surface area contributed by atoms with Gasteiger partial charge in [0.25, 0.3) is 0 Å². The zero-order chi connectivity index (χ0) is 12.7. The second-order valence-electron chi connectivity index (χ2n) is 3.78. The molecule has 0 unspecified atom stereocenters. The van der Waals surface area contributed by atoms with Crippen molar-refractivity contribution in [3.05, 3.63) is 45.1 Å². The molecule has 18 heavy (non-hydrogen) atoms. The molecule has 90 valence electrons. The van der Waals surface area contributed by atoms with Crippen LogP contribution in [0, 0.1) is 3.57 Å². The van der Waals surface area contributed by atoms with Gasteiger partial charge in [0.2, 0.25) is 5.95 Å². The lowest BCUT2D eigenvalue weighted by molar-refractivity contribution is 1.08. The first-order valence-corrected chi connectivity index (χ1v) is 6.66. The summed E-state index contributed by atoms with van der Waals surface area (Å²) < 4.78 is 2.94. The van der Waals surface area contributed by atoms with Gasteiger partial charge in [-0.1, -0.05) is 17.7 Å². The Morgan fingerprint density at radius 3 is 2.89 bits per heavy atom. The van der Waals surface area contributed by atoms with E-state index in [9.17, 15) is 0 Å². The van der Waals surface area contributed by atoms with Crippen molar-refractivity contribution in [2.24, 2.45) is 0 Å². The van der Waals surface area contributed by atoms with Crippen molar-refractivity contribution in [1.82, 2.24) is 14.5 Å². The fraction of sp³-hybridized carbons (Fsp3) is 0. The molecule has 0 spiro atoms. The van der Waals surface area contributed by atoms with Crippen LogP contribution in [0.3, 0.4) is 0 Å². The van der Waals surface area contributed by atoms with E-state index >= 15 is 0 Å². The van der Waals surface area contributed by atoms with E-state index in [-0.39, 0.29) is 0 Å². The van der Waals surface area contributed by atoms with Crippen LogP contribution in [0.2, 0.25) is 5.02 Å². The summed E-state index contributed by atoms with van der Waals surface area (Å²) in [5, 5.41) is 0.551. The van der Waals surface area contributed by atoms with E-state index < -0.39 is 0 Å². The number of nitrogens with zero attached hydrogens (tertiary/aromatic N) is 3. The Balaban J connectivity index is 2.32. The van der Waals surface area contributed by atoms with Crippen molar-refractivity contribution in [1.29, 1.82) is 0 Å². The van der Waals surface area contributed by atoms with E-state index in [0.717, 1.165) is 9.26 Å². The highest BCUT2D eigenvalue weighted by atomic mass is 127. The lowest BCUT2D eigenvalue weighted by Gasteiger charge is -2.05. The monoisotopic (exact) mass is 370 g/mol. The molecule has 0 aliphatic heterocycles. The maximum Gasteiger partial charge on any atom is 0.207 e. The normalized spacial score (nSPS) is 11.0. The van der Waals surface area contributed by atoms with Crippen LogP contribution in [0.5, 0.6) is 0 Å². The molecule has 0 saturated carbocycles. The minimum absolute atomic E-state index is 0.404. The molecule has 2 N–H and O–H groups in total. The van der Waals surface area contributed by atoms with Crippen LogP contribution in [0.15, 0.2) is 36.5 Å². The van der Waals surface area contributed by atoms with Gasteiger partial charge in [-0.2, -0.15) is 0 Å². The second kappa shape index (κ2) is 4.40. The average Bonchev–Trinajstić information content (AvgIpc) is 2.64. The quantitative estimate of drug-likeness (QED) is 0.669. The summed E-state index contributed by atoms with van der Waals surface area (Å²) >= 11 is 8.15. The third-order valence-corrected chi connectivity index (χ3v) is 3.43. The fourth-order valence-corrected chi connectivity index (χ4v) is 2.51. The summed E-state index contributed by atoms with van der Waals surface area (Å²) in [6, 6.07) is 9.73. The molecule has 1 aromatic carbocycles. The molecule has 2 heterocycles. The molecule has 2 aromatic heterocycles. The molecular formula is C12H8ClIN4. The number of rotatable bonds is 1. The predicted molar refractivity (Wildman–Crippen MR) is 81.0 cm³/mol. The second-order valence-corrected chi connectivity index (χ2v) is 5.46. The van der Waals surface area contributed by atoms with Crippen molar-refractivity contribution in [3.63, 3.8) is 0 Å². The molecule has 4 nitrogen and oxygen atoms in total. The Morgan fingerprint density at radius 1 is 1.28 bits per heavy atom. The third kappa shape index (κ3) is 1.93. The van der Waals surface area contributed by atoms with E-state index in [1.54, 1.807) is 12.3 Å². The number of benzene rings is 1. The molecule has 3 rings (SSSR count). The van der Waals surface area contributed by atoms with Gasteiger partial charge in [-0.05, 0) is 46.9 Å². The largest absolute Gasteiger partial charge is 0.369 e. The standard InChI is InChI=1S/C12H8ClIN4/c13-7-4-10-11(16-6-7)18(12(15)17-10)9-3-1-2-8(14)5-9/h1-6H,(H2,15,17). The Morgan fingerprint density at radius 2 is 2.11 bits per heavy atom. The number of hydrogen-bond acceptors (Lipinski definition) is 3. The molecule has 0 aliphatic carbocycles.